The Bertz CT molecular complexity index is 519. The lowest BCUT2D eigenvalue weighted by atomic mass is 10.1. The van der Waals surface area contributed by atoms with Crippen LogP contribution in [0.4, 0.5) is 0 Å². The van der Waals surface area contributed by atoms with Crippen LogP contribution in [0, 0.1) is 6.92 Å². The minimum absolute atomic E-state index is 0.0916. The van der Waals surface area contributed by atoms with Crippen molar-refractivity contribution in [2.24, 2.45) is 7.05 Å². The third kappa shape index (κ3) is 2.10. The van der Waals surface area contributed by atoms with Gasteiger partial charge in [-0.2, -0.15) is 4.80 Å². The molecule has 0 saturated heterocycles. The van der Waals surface area contributed by atoms with Crippen molar-refractivity contribution in [3.05, 3.63) is 35.4 Å². The molecule has 0 unspecified atom stereocenters. The van der Waals surface area contributed by atoms with Crippen molar-refractivity contribution >= 4 is 5.78 Å². The van der Waals surface area contributed by atoms with Crippen LogP contribution in [0.15, 0.2) is 18.3 Å². The van der Waals surface area contributed by atoms with Gasteiger partial charge in [0.2, 0.25) is 0 Å². The number of hydrogen-bond donors (Lipinski definition) is 0. The van der Waals surface area contributed by atoms with Crippen LogP contribution in [0.25, 0.3) is 0 Å². The van der Waals surface area contributed by atoms with E-state index in [1.54, 1.807) is 19.3 Å². The largest absolute Gasteiger partial charge is 0.292 e. The van der Waals surface area contributed by atoms with E-state index in [9.17, 15) is 4.79 Å². The minimum Gasteiger partial charge on any atom is -0.292 e. The van der Waals surface area contributed by atoms with E-state index in [1.807, 2.05) is 13.0 Å². The Hall–Kier alpha value is -2.11. The predicted molar refractivity (Wildman–Crippen MR) is 55.8 cm³/mol. The summed E-state index contributed by atoms with van der Waals surface area (Å²) in [5.41, 5.74) is 1.33. The Morgan fingerprint density at radius 3 is 2.94 bits per heavy atom. The number of nitrogens with zero attached hydrogens (tertiary/aromatic N) is 5. The summed E-state index contributed by atoms with van der Waals surface area (Å²) in [6.07, 6.45) is 1.73. The molecular weight excluding hydrogens is 206 g/mol. The minimum atomic E-state index is -0.0916. The maximum absolute atomic E-state index is 11.9. The smallest absolute Gasteiger partial charge is 0.189 e. The predicted octanol–water partition coefficient (Wildman–Crippen LogP) is 0.339. The van der Waals surface area contributed by atoms with Gasteiger partial charge in [0.05, 0.1) is 13.5 Å². The number of ketones is 1. The van der Waals surface area contributed by atoms with Crippen LogP contribution in [-0.4, -0.2) is 31.0 Å². The fraction of sp³-hybridized carbons (Fsp3) is 0.300. The fourth-order valence-electron chi connectivity index (χ4n) is 1.40. The molecule has 0 spiro atoms. The standard InChI is InChI=1S/C10H11N5O/c1-7-4-3-5-11-10(7)8(16)6-9-12-14-15(2)13-9/h3-5H,6H2,1-2H3. The molecular formula is C10H11N5O. The molecule has 6 heteroatoms. The Morgan fingerprint density at radius 1 is 1.50 bits per heavy atom. The molecule has 2 heterocycles. The van der Waals surface area contributed by atoms with Gasteiger partial charge in [-0.05, 0) is 23.8 Å². The van der Waals surface area contributed by atoms with Crippen LogP contribution >= 0.6 is 0 Å². The number of tetrazole rings is 1. The second-order valence-corrected chi connectivity index (χ2v) is 3.46. The highest BCUT2D eigenvalue weighted by molar-refractivity contribution is 5.96. The first-order chi connectivity index (χ1) is 7.66. The van der Waals surface area contributed by atoms with Gasteiger partial charge < -0.3 is 0 Å². The SMILES string of the molecule is Cc1cccnc1C(=O)Cc1nnn(C)n1. The number of pyridine rings is 1. The average molecular weight is 217 g/mol. The van der Waals surface area contributed by atoms with Gasteiger partial charge in [0, 0.05) is 6.20 Å². The summed E-state index contributed by atoms with van der Waals surface area (Å²) < 4.78 is 0. The lowest BCUT2D eigenvalue weighted by Gasteiger charge is -2.00. The van der Waals surface area contributed by atoms with E-state index in [2.05, 4.69) is 20.4 Å². The van der Waals surface area contributed by atoms with Crippen LogP contribution in [-0.2, 0) is 13.5 Å². The van der Waals surface area contributed by atoms with Crippen LogP contribution in [0.1, 0.15) is 21.9 Å². The third-order valence-corrected chi connectivity index (χ3v) is 2.14. The molecule has 0 N–H and O–H groups in total. The number of Topliss-reactive ketones (excluding diaryl/α,β-unsaturated/α-hetero) is 1. The Morgan fingerprint density at radius 2 is 2.31 bits per heavy atom. The van der Waals surface area contributed by atoms with E-state index < -0.39 is 0 Å². The molecule has 2 rings (SSSR count). The van der Waals surface area contributed by atoms with Crippen molar-refractivity contribution < 1.29 is 4.79 Å². The summed E-state index contributed by atoms with van der Waals surface area (Å²) in [4.78, 5) is 17.2. The zero-order valence-corrected chi connectivity index (χ0v) is 9.08. The lowest BCUT2D eigenvalue weighted by Crippen LogP contribution is -2.09. The molecule has 82 valence electrons. The van der Waals surface area contributed by atoms with Crippen LogP contribution < -0.4 is 0 Å². The number of rotatable bonds is 3. The van der Waals surface area contributed by atoms with Crippen molar-refractivity contribution in [3.8, 4) is 0 Å². The highest BCUT2D eigenvalue weighted by Crippen LogP contribution is 2.06. The number of aryl methyl sites for hydroxylation is 2. The van der Waals surface area contributed by atoms with Gasteiger partial charge in [0.1, 0.15) is 5.69 Å². The number of aromatic nitrogens is 5. The molecule has 2 aromatic heterocycles. The summed E-state index contributed by atoms with van der Waals surface area (Å²) >= 11 is 0. The van der Waals surface area contributed by atoms with Gasteiger partial charge in [0.25, 0.3) is 0 Å². The second-order valence-electron chi connectivity index (χ2n) is 3.46. The molecule has 0 aliphatic rings. The van der Waals surface area contributed by atoms with Crippen molar-refractivity contribution in [2.45, 2.75) is 13.3 Å². The number of carbonyl (C=O) groups excluding carboxylic acids is 1. The molecule has 6 nitrogen and oxygen atoms in total. The van der Waals surface area contributed by atoms with E-state index in [0.717, 1.165) is 5.56 Å². The lowest BCUT2D eigenvalue weighted by molar-refractivity contribution is 0.0985. The Balaban J connectivity index is 2.18. The van der Waals surface area contributed by atoms with Crippen LogP contribution in [0.2, 0.25) is 0 Å². The molecule has 0 atom stereocenters. The van der Waals surface area contributed by atoms with Crippen molar-refractivity contribution in [3.63, 3.8) is 0 Å². The van der Waals surface area contributed by atoms with Gasteiger partial charge in [0.15, 0.2) is 11.6 Å². The van der Waals surface area contributed by atoms with Crippen molar-refractivity contribution in [2.75, 3.05) is 0 Å². The monoisotopic (exact) mass is 217 g/mol. The normalized spacial score (nSPS) is 10.4. The molecule has 0 bridgehead atoms. The summed E-state index contributed by atoms with van der Waals surface area (Å²) in [5.74, 6) is 0.323. The molecule has 0 aliphatic heterocycles. The second kappa shape index (κ2) is 4.18. The summed E-state index contributed by atoms with van der Waals surface area (Å²) in [5, 5.41) is 11.4. The zero-order valence-electron chi connectivity index (χ0n) is 9.08. The van der Waals surface area contributed by atoms with Gasteiger partial charge in [-0.15, -0.1) is 10.2 Å². The average Bonchev–Trinajstić information content (AvgIpc) is 2.64. The topological polar surface area (TPSA) is 73.6 Å². The van der Waals surface area contributed by atoms with Crippen molar-refractivity contribution in [1.29, 1.82) is 0 Å². The first kappa shape index (κ1) is 10.4. The molecule has 0 aromatic carbocycles. The maximum Gasteiger partial charge on any atom is 0.189 e. The van der Waals surface area contributed by atoms with Gasteiger partial charge in [-0.3, -0.25) is 9.78 Å². The molecule has 0 fully saturated rings. The highest BCUT2D eigenvalue weighted by atomic mass is 16.1. The fourth-order valence-corrected chi connectivity index (χ4v) is 1.40. The van der Waals surface area contributed by atoms with E-state index in [-0.39, 0.29) is 12.2 Å². The Labute approximate surface area is 92.3 Å². The van der Waals surface area contributed by atoms with E-state index in [1.165, 1.54) is 4.80 Å². The van der Waals surface area contributed by atoms with Gasteiger partial charge in [-0.25, -0.2) is 0 Å². The summed E-state index contributed by atoms with van der Waals surface area (Å²) in [7, 11) is 1.66. The van der Waals surface area contributed by atoms with E-state index in [4.69, 9.17) is 0 Å². The molecule has 16 heavy (non-hydrogen) atoms. The first-order valence-corrected chi connectivity index (χ1v) is 4.84. The van der Waals surface area contributed by atoms with E-state index >= 15 is 0 Å². The summed E-state index contributed by atoms with van der Waals surface area (Å²) in [6, 6.07) is 3.65. The van der Waals surface area contributed by atoms with Crippen LogP contribution in [0.3, 0.4) is 0 Å². The number of carbonyl (C=O) groups is 1. The molecule has 0 aliphatic carbocycles. The zero-order chi connectivity index (χ0) is 11.5. The first-order valence-electron chi connectivity index (χ1n) is 4.84. The quantitative estimate of drug-likeness (QED) is 0.693. The number of hydrogen-bond acceptors (Lipinski definition) is 5. The molecule has 0 amide bonds. The van der Waals surface area contributed by atoms with Crippen molar-refractivity contribution in [1.82, 2.24) is 25.2 Å². The maximum atomic E-state index is 11.9. The van der Waals surface area contributed by atoms with E-state index in [0.29, 0.717) is 11.5 Å². The van der Waals surface area contributed by atoms with Crippen LogP contribution in [0.5, 0.6) is 0 Å². The third-order valence-electron chi connectivity index (χ3n) is 2.14. The Kier molecular flexibility index (Phi) is 2.72. The molecule has 0 radical (unpaired) electrons. The van der Waals surface area contributed by atoms with Gasteiger partial charge >= 0.3 is 0 Å². The molecule has 2 aromatic rings. The van der Waals surface area contributed by atoms with Gasteiger partial charge in [-0.1, -0.05) is 6.07 Å². The highest BCUT2D eigenvalue weighted by Gasteiger charge is 2.13. The molecule has 0 saturated carbocycles. The summed E-state index contributed by atoms with van der Waals surface area (Å²) in [6.45, 7) is 1.85.